The van der Waals surface area contributed by atoms with Gasteiger partial charge in [0.05, 0.1) is 18.2 Å². The van der Waals surface area contributed by atoms with Gasteiger partial charge in [0.15, 0.2) is 5.96 Å². The Bertz CT molecular complexity index is 737. The molecule has 3 N–H and O–H groups in total. The number of aliphatic imine (C=N–C) groups is 1. The molecule has 0 aromatic heterocycles. The molecule has 3 rings (SSSR count). The molecule has 1 aromatic rings. The molecule has 0 bridgehead atoms. The molecule has 168 valence electrons. The van der Waals surface area contributed by atoms with Crippen LogP contribution >= 0.6 is 0 Å². The van der Waals surface area contributed by atoms with Crippen LogP contribution < -0.4 is 15.4 Å². The number of aliphatic hydroxyl groups is 1. The number of hydrogen-bond acceptors (Lipinski definition) is 4. The molecule has 9 heteroatoms. The van der Waals surface area contributed by atoms with Gasteiger partial charge in [-0.15, -0.1) is 0 Å². The first kappa shape index (κ1) is 22.7. The van der Waals surface area contributed by atoms with Crippen molar-refractivity contribution in [3.8, 4) is 5.75 Å². The van der Waals surface area contributed by atoms with Crippen LogP contribution in [0.1, 0.15) is 32.8 Å². The van der Waals surface area contributed by atoms with E-state index < -0.39 is 17.8 Å². The fourth-order valence-corrected chi connectivity index (χ4v) is 4.27. The molecule has 2 aliphatic rings. The lowest BCUT2D eigenvalue weighted by molar-refractivity contribution is -0.137. The number of nitrogens with one attached hydrogen (secondary N) is 2. The van der Waals surface area contributed by atoms with E-state index in [1.165, 1.54) is 12.1 Å². The topological polar surface area (TPSA) is 75.1 Å². The summed E-state index contributed by atoms with van der Waals surface area (Å²) >= 11 is 0. The van der Waals surface area contributed by atoms with Crippen molar-refractivity contribution in [1.82, 2.24) is 10.6 Å². The van der Waals surface area contributed by atoms with Crippen molar-refractivity contribution >= 4 is 5.96 Å². The van der Waals surface area contributed by atoms with Gasteiger partial charge in [-0.2, -0.15) is 13.2 Å². The summed E-state index contributed by atoms with van der Waals surface area (Å²) in [6.07, 6.45) is -3.99. The van der Waals surface area contributed by atoms with E-state index in [2.05, 4.69) is 29.5 Å². The van der Waals surface area contributed by atoms with Crippen molar-refractivity contribution in [2.45, 2.75) is 51.6 Å². The number of guanidine groups is 1. The zero-order valence-corrected chi connectivity index (χ0v) is 17.5. The Morgan fingerprint density at radius 2 is 2.03 bits per heavy atom. The maximum atomic E-state index is 12.6. The average Bonchev–Trinajstić information content (AvgIpc) is 3.15. The van der Waals surface area contributed by atoms with E-state index >= 15 is 0 Å². The molecule has 1 aromatic carbocycles. The minimum atomic E-state index is -4.39. The normalized spacial score (nSPS) is 26.5. The molecule has 1 aliphatic carbocycles. The Labute approximate surface area is 174 Å². The Morgan fingerprint density at radius 1 is 1.33 bits per heavy atom. The Morgan fingerprint density at radius 3 is 2.67 bits per heavy atom. The average molecular weight is 429 g/mol. The standard InChI is InChI=1S/C21H30F3N3O3/c1-4-25-19(27-17-16-9-10-29-18(16)20(17,2)3)26-11-14(28)12-30-15-7-5-13(6-8-15)21(22,23)24/h5-8,14,16-18,28H,4,9-12H2,1-3H3,(H2,25,26,27). The summed E-state index contributed by atoms with van der Waals surface area (Å²) in [5.41, 5.74) is -0.739. The highest BCUT2D eigenvalue weighted by atomic mass is 19.4. The first-order valence-corrected chi connectivity index (χ1v) is 10.3. The molecule has 4 atom stereocenters. The van der Waals surface area contributed by atoms with Crippen LogP contribution in [0.3, 0.4) is 0 Å². The van der Waals surface area contributed by atoms with Gasteiger partial charge in [-0.05, 0) is 37.6 Å². The largest absolute Gasteiger partial charge is 0.491 e. The first-order valence-electron chi connectivity index (χ1n) is 10.3. The second kappa shape index (κ2) is 9.01. The number of nitrogens with zero attached hydrogens (tertiary/aromatic N) is 1. The molecule has 1 saturated carbocycles. The molecule has 1 heterocycles. The number of rotatable bonds is 7. The van der Waals surface area contributed by atoms with Crippen LogP contribution in [0.25, 0.3) is 0 Å². The summed E-state index contributed by atoms with van der Waals surface area (Å²) in [5, 5.41) is 16.8. The van der Waals surface area contributed by atoms with Crippen molar-refractivity contribution in [3.63, 3.8) is 0 Å². The van der Waals surface area contributed by atoms with Gasteiger partial charge in [-0.1, -0.05) is 13.8 Å². The summed E-state index contributed by atoms with van der Waals surface area (Å²) in [6.45, 7) is 7.82. The second-order valence-corrected chi connectivity index (χ2v) is 8.39. The van der Waals surface area contributed by atoms with Crippen molar-refractivity contribution in [2.75, 3.05) is 26.3 Å². The monoisotopic (exact) mass is 429 g/mol. The molecule has 4 unspecified atom stereocenters. The van der Waals surface area contributed by atoms with Gasteiger partial charge < -0.3 is 25.2 Å². The summed E-state index contributed by atoms with van der Waals surface area (Å²) in [6, 6.07) is 4.62. The first-order chi connectivity index (χ1) is 14.1. The van der Waals surface area contributed by atoms with Gasteiger partial charge in [0.1, 0.15) is 18.5 Å². The zero-order chi connectivity index (χ0) is 21.9. The second-order valence-electron chi connectivity index (χ2n) is 8.39. The molecular weight excluding hydrogens is 399 g/mol. The van der Waals surface area contributed by atoms with Crippen LogP contribution in [0.4, 0.5) is 13.2 Å². The van der Waals surface area contributed by atoms with E-state index in [-0.39, 0.29) is 36.5 Å². The van der Waals surface area contributed by atoms with Crippen LogP contribution in [-0.4, -0.2) is 55.6 Å². The van der Waals surface area contributed by atoms with Gasteiger partial charge >= 0.3 is 6.18 Å². The number of fused-ring (bicyclic) bond motifs is 1. The van der Waals surface area contributed by atoms with E-state index in [9.17, 15) is 18.3 Å². The third-order valence-corrected chi connectivity index (χ3v) is 5.82. The molecule has 30 heavy (non-hydrogen) atoms. The van der Waals surface area contributed by atoms with Gasteiger partial charge in [-0.3, -0.25) is 4.99 Å². The molecule has 6 nitrogen and oxygen atoms in total. The smallest absolute Gasteiger partial charge is 0.416 e. The number of ether oxygens (including phenoxy) is 2. The van der Waals surface area contributed by atoms with Crippen molar-refractivity contribution < 1.29 is 27.8 Å². The summed E-state index contributed by atoms with van der Waals surface area (Å²) in [7, 11) is 0. The Balaban J connectivity index is 1.51. The highest BCUT2D eigenvalue weighted by Gasteiger charge is 2.59. The molecule has 1 saturated heterocycles. The maximum absolute atomic E-state index is 12.6. The Kier molecular flexibility index (Phi) is 6.81. The van der Waals surface area contributed by atoms with Crippen molar-refractivity contribution in [2.24, 2.45) is 16.3 Å². The van der Waals surface area contributed by atoms with E-state index in [1.807, 2.05) is 6.92 Å². The predicted octanol–water partition coefficient (Wildman–Crippen LogP) is 2.81. The summed E-state index contributed by atoms with van der Waals surface area (Å²) in [5.74, 6) is 1.34. The van der Waals surface area contributed by atoms with Crippen molar-refractivity contribution in [3.05, 3.63) is 29.8 Å². The van der Waals surface area contributed by atoms with Crippen LogP contribution in [0, 0.1) is 11.3 Å². The molecule has 1 aliphatic heterocycles. The molecular formula is C21H30F3N3O3. The third kappa shape index (κ3) is 5.00. The minimum absolute atomic E-state index is 0.00165. The number of hydrogen-bond donors (Lipinski definition) is 3. The number of alkyl halides is 3. The number of halogens is 3. The quantitative estimate of drug-likeness (QED) is 0.459. The highest BCUT2D eigenvalue weighted by Crippen LogP contribution is 2.52. The Hall–Kier alpha value is -2.00. The molecule has 0 amide bonds. The summed E-state index contributed by atoms with van der Waals surface area (Å²) in [4.78, 5) is 4.45. The van der Waals surface area contributed by atoms with E-state index in [1.54, 1.807) is 0 Å². The minimum Gasteiger partial charge on any atom is -0.491 e. The zero-order valence-electron chi connectivity index (χ0n) is 17.5. The predicted molar refractivity (Wildman–Crippen MR) is 107 cm³/mol. The van der Waals surface area contributed by atoms with E-state index in [0.717, 1.165) is 25.2 Å². The van der Waals surface area contributed by atoms with Crippen LogP contribution in [0.2, 0.25) is 0 Å². The van der Waals surface area contributed by atoms with Crippen LogP contribution in [-0.2, 0) is 10.9 Å². The van der Waals surface area contributed by atoms with Gasteiger partial charge in [0.2, 0.25) is 0 Å². The lowest BCUT2D eigenvalue weighted by Crippen LogP contribution is -2.68. The lowest BCUT2D eigenvalue weighted by atomic mass is 9.57. The SMILES string of the molecule is CCNC(=NCC(O)COc1ccc(C(F)(F)F)cc1)NC1C2CCOC2C1(C)C. The number of aliphatic hydroxyl groups excluding tert-OH is 1. The van der Waals surface area contributed by atoms with Gasteiger partial charge in [0.25, 0.3) is 0 Å². The maximum Gasteiger partial charge on any atom is 0.416 e. The third-order valence-electron chi connectivity index (χ3n) is 5.82. The van der Waals surface area contributed by atoms with Gasteiger partial charge in [0, 0.05) is 30.5 Å². The fourth-order valence-electron chi connectivity index (χ4n) is 4.27. The van der Waals surface area contributed by atoms with E-state index in [0.29, 0.717) is 18.4 Å². The number of benzene rings is 1. The van der Waals surface area contributed by atoms with Crippen LogP contribution in [0.5, 0.6) is 5.75 Å². The molecule has 0 radical (unpaired) electrons. The highest BCUT2D eigenvalue weighted by molar-refractivity contribution is 5.80. The summed E-state index contributed by atoms with van der Waals surface area (Å²) < 4.78 is 49.0. The fraction of sp³-hybridized carbons (Fsp3) is 0.667. The van der Waals surface area contributed by atoms with Crippen LogP contribution in [0.15, 0.2) is 29.3 Å². The van der Waals surface area contributed by atoms with E-state index in [4.69, 9.17) is 9.47 Å². The van der Waals surface area contributed by atoms with Crippen molar-refractivity contribution in [1.29, 1.82) is 0 Å². The molecule has 0 spiro atoms. The molecule has 2 fully saturated rings. The lowest BCUT2D eigenvalue weighted by Gasteiger charge is -2.54. The van der Waals surface area contributed by atoms with Gasteiger partial charge in [-0.25, -0.2) is 0 Å².